The van der Waals surface area contributed by atoms with E-state index in [1.54, 1.807) is 6.08 Å². The van der Waals surface area contributed by atoms with E-state index in [1.807, 2.05) is 6.08 Å². The Morgan fingerprint density at radius 2 is 0.896 bits per heavy atom. The number of amides is 1. The van der Waals surface area contributed by atoms with E-state index >= 15 is 0 Å². The molecule has 11 nitrogen and oxygen atoms in total. The average molecular weight is 1080 g/mol. The highest BCUT2D eigenvalue weighted by Crippen LogP contribution is 2.26. The molecule has 446 valence electrons. The highest BCUT2D eigenvalue weighted by atomic mass is 16.7. The minimum absolute atomic E-state index is 0.0839. The van der Waals surface area contributed by atoms with Gasteiger partial charge >= 0.3 is 5.97 Å². The summed E-state index contributed by atoms with van der Waals surface area (Å²) in [5, 5.41) is 57.0. The van der Waals surface area contributed by atoms with Crippen molar-refractivity contribution in [2.75, 3.05) is 13.2 Å². The Bertz CT molecular complexity index is 1530. The number of ether oxygens (including phenoxy) is 3. The van der Waals surface area contributed by atoms with Gasteiger partial charge in [0.05, 0.1) is 25.4 Å². The number of nitrogens with one attached hydrogen (secondary N) is 1. The van der Waals surface area contributed by atoms with E-state index < -0.39 is 67.4 Å². The number of allylic oxidation sites excluding steroid dienone is 11. The van der Waals surface area contributed by atoms with Crippen molar-refractivity contribution < 1.29 is 49.3 Å². The second-order valence-corrected chi connectivity index (χ2v) is 21.8. The maximum absolute atomic E-state index is 13.4. The standard InChI is InChI=1S/C66H117NO10/c1-4-7-10-13-16-19-22-24-26-28-30-32-34-36-39-42-45-48-51-54-61(71)77-64-63(73)62(72)60(55-68)76-66(64)75-56-57(58(69)52-49-46-43-40-37-21-18-15-12-9-6-3)67-65(74)59(70)53-50-47-44-41-38-35-33-31-29-27-25-23-20-17-14-11-8-5-2/h16,19,24-27,30,32,36,39,49,52,57-60,62-64,66,68-70,72-73H,4-15,17-18,20-23,28-29,31,33-35,37-38,40-48,50-51,53-56H2,1-3H3,(H,67,74)/b19-16-,26-24-,27-25+,32-30-,39-36-,52-49+. The first-order chi connectivity index (χ1) is 37.7. The van der Waals surface area contributed by atoms with Crippen LogP contribution in [0.25, 0.3) is 0 Å². The second kappa shape index (κ2) is 53.7. The van der Waals surface area contributed by atoms with Crippen molar-refractivity contribution in [2.24, 2.45) is 0 Å². The van der Waals surface area contributed by atoms with Gasteiger partial charge in [0, 0.05) is 6.42 Å². The van der Waals surface area contributed by atoms with Gasteiger partial charge in [-0.15, -0.1) is 0 Å². The summed E-state index contributed by atoms with van der Waals surface area (Å²) in [6, 6.07) is -1.03. The molecule has 0 aromatic rings. The third-order valence-corrected chi connectivity index (χ3v) is 14.6. The molecule has 1 aliphatic heterocycles. The molecule has 0 aliphatic carbocycles. The number of aliphatic hydroxyl groups excluding tert-OH is 5. The van der Waals surface area contributed by atoms with Gasteiger partial charge in [-0.3, -0.25) is 9.59 Å². The largest absolute Gasteiger partial charge is 0.454 e. The number of carbonyl (C=O) groups is 2. The monoisotopic (exact) mass is 1080 g/mol. The summed E-state index contributed by atoms with van der Waals surface area (Å²) in [6.45, 7) is 5.74. The third-order valence-electron chi connectivity index (χ3n) is 14.6. The van der Waals surface area contributed by atoms with Crippen LogP contribution >= 0.6 is 0 Å². The minimum Gasteiger partial charge on any atom is -0.454 e. The van der Waals surface area contributed by atoms with Crippen LogP contribution in [0.2, 0.25) is 0 Å². The Labute approximate surface area is 471 Å². The first kappa shape index (κ1) is 72.1. The quantitative estimate of drug-likeness (QED) is 0.0195. The predicted octanol–water partition coefficient (Wildman–Crippen LogP) is 15.2. The molecule has 1 aliphatic rings. The molecular formula is C66H117NO10. The number of unbranched alkanes of at least 4 members (excludes halogenated alkanes) is 29. The molecule has 0 saturated carbocycles. The fourth-order valence-electron chi connectivity index (χ4n) is 9.51. The summed E-state index contributed by atoms with van der Waals surface area (Å²) in [7, 11) is 0. The molecular weight excluding hydrogens is 967 g/mol. The van der Waals surface area contributed by atoms with Crippen molar-refractivity contribution in [1.29, 1.82) is 0 Å². The number of hydrogen-bond donors (Lipinski definition) is 6. The number of esters is 1. The van der Waals surface area contributed by atoms with E-state index in [-0.39, 0.29) is 19.4 Å². The Morgan fingerprint density at radius 3 is 1.38 bits per heavy atom. The van der Waals surface area contributed by atoms with E-state index in [1.165, 1.54) is 141 Å². The van der Waals surface area contributed by atoms with Crippen molar-refractivity contribution in [1.82, 2.24) is 5.32 Å². The van der Waals surface area contributed by atoms with Crippen molar-refractivity contribution in [2.45, 2.75) is 320 Å². The molecule has 0 aromatic carbocycles. The van der Waals surface area contributed by atoms with Crippen LogP contribution in [0.3, 0.4) is 0 Å². The Kier molecular flexibility index (Phi) is 50.3. The third kappa shape index (κ3) is 41.7. The molecule has 1 amide bonds. The number of rotatable bonds is 53. The summed E-state index contributed by atoms with van der Waals surface area (Å²) in [6.07, 6.45) is 57.9. The molecule has 0 aromatic heterocycles. The van der Waals surface area contributed by atoms with Crippen LogP contribution < -0.4 is 5.32 Å². The lowest BCUT2D eigenvalue weighted by Crippen LogP contribution is -2.61. The van der Waals surface area contributed by atoms with E-state index in [9.17, 15) is 35.1 Å². The van der Waals surface area contributed by atoms with Gasteiger partial charge < -0.3 is 45.1 Å². The van der Waals surface area contributed by atoms with Crippen LogP contribution in [-0.4, -0.2) is 99.6 Å². The molecule has 8 unspecified atom stereocenters. The van der Waals surface area contributed by atoms with Crippen LogP contribution in [0, 0.1) is 0 Å². The normalized spacial score (nSPS) is 19.5. The Morgan fingerprint density at radius 1 is 0.506 bits per heavy atom. The van der Waals surface area contributed by atoms with E-state index in [0.717, 1.165) is 83.5 Å². The highest BCUT2D eigenvalue weighted by molar-refractivity contribution is 5.80. The highest BCUT2D eigenvalue weighted by Gasteiger charge is 2.47. The molecule has 8 atom stereocenters. The van der Waals surface area contributed by atoms with Crippen LogP contribution in [0.1, 0.15) is 271 Å². The molecule has 0 radical (unpaired) electrons. The summed E-state index contributed by atoms with van der Waals surface area (Å²) in [5.41, 5.74) is 0. The average Bonchev–Trinajstić information content (AvgIpc) is 3.43. The van der Waals surface area contributed by atoms with Crippen molar-refractivity contribution in [3.8, 4) is 0 Å². The van der Waals surface area contributed by atoms with Crippen LogP contribution in [0.15, 0.2) is 72.9 Å². The molecule has 1 fully saturated rings. The van der Waals surface area contributed by atoms with E-state index in [2.05, 4.69) is 86.8 Å². The topological polar surface area (TPSA) is 175 Å². The summed E-state index contributed by atoms with van der Waals surface area (Å²) in [5.74, 6) is -1.23. The molecule has 11 heteroatoms. The Hall–Kier alpha value is -2.90. The molecule has 1 rings (SSSR count). The van der Waals surface area contributed by atoms with Crippen LogP contribution in [0.5, 0.6) is 0 Å². The smallest absolute Gasteiger partial charge is 0.306 e. The number of hydrogen-bond acceptors (Lipinski definition) is 10. The van der Waals surface area contributed by atoms with Gasteiger partial charge in [0.1, 0.15) is 24.4 Å². The van der Waals surface area contributed by atoms with Gasteiger partial charge in [0.15, 0.2) is 12.4 Å². The molecule has 1 heterocycles. The lowest BCUT2D eigenvalue weighted by Gasteiger charge is -2.41. The van der Waals surface area contributed by atoms with Crippen molar-refractivity contribution in [3.63, 3.8) is 0 Å². The first-order valence-corrected chi connectivity index (χ1v) is 31.7. The molecule has 1 saturated heterocycles. The second-order valence-electron chi connectivity index (χ2n) is 21.8. The van der Waals surface area contributed by atoms with Gasteiger partial charge in [-0.25, -0.2) is 0 Å². The van der Waals surface area contributed by atoms with Crippen molar-refractivity contribution >= 4 is 11.9 Å². The zero-order valence-corrected chi connectivity index (χ0v) is 49.3. The molecule has 6 N–H and O–H groups in total. The minimum atomic E-state index is -1.63. The van der Waals surface area contributed by atoms with Crippen molar-refractivity contribution in [3.05, 3.63) is 72.9 Å². The number of carbonyl (C=O) groups excluding carboxylic acids is 2. The SMILES string of the molecule is CCCCC/C=C\C/C=C\C/C=C\C/C=C\CCCCCC(=O)OC1C(OCC(NC(=O)C(O)CCCCCCCCCC/C=C/CCCCCCCC)C(O)/C=C/CCCCCCCCCCC)OC(CO)C(O)C1O. The summed E-state index contributed by atoms with van der Waals surface area (Å²) in [4.78, 5) is 26.5. The van der Waals surface area contributed by atoms with Crippen LogP contribution in [0.4, 0.5) is 0 Å². The van der Waals surface area contributed by atoms with Gasteiger partial charge in [-0.2, -0.15) is 0 Å². The van der Waals surface area contributed by atoms with Gasteiger partial charge in [-0.05, 0) is 96.3 Å². The zero-order chi connectivity index (χ0) is 56.1. The molecule has 0 spiro atoms. The van der Waals surface area contributed by atoms with E-state index in [0.29, 0.717) is 12.8 Å². The summed E-state index contributed by atoms with van der Waals surface area (Å²) < 4.78 is 17.6. The Balaban J connectivity index is 2.68. The zero-order valence-electron chi connectivity index (χ0n) is 49.3. The maximum atomic E-state index is 13.4. The lowest BCUT2D eigenvalue weighted by molar-refractivity contribution is -0.305. The van der Waals surface area contributed by atoms with E-state index in [4.69, 9.17) is 14.2 Å². The molecule has 77 heavy (non-hydrogen) atoms. The van der Waals surface area contributed by atoms with Gasteiger partial charge in [0.25, 0.3) is 0 Å². The van der Waals surface area contributed by atoms with Gasteiger partial charge in [-0.1, -0.05) is 241 Å². The maximum Gasteiger partial charge on any atom is 0.306 e. The lowest BCUT2D eigenvalue weighted by atomic mass is 9.99. The van der Waals surface area contributed by atoms with Crippen LogP contribution in [-0.2, 0) is 23.8 Å². The molecule has 0 bridgehead atoms. The first-order valence-electron chi connectivity index (χ1n) is 31.7. The fraction of sp³-hybridized carbons (Fsp3) is 0.788. The predicted molar refractivity (Wildman–Crippen MR) is 319 cm³/mol. The number of aliphatic hydroxyl groups is 5. The summed E-state index contributed by atoms with van der Waals surface area (Å²) >= 11 is 0. The fourth-order valence-corrected chi connectivity index (χ4v) is 9.51. The van der Waals surface area contributed by atoms with Gasteiger partial charge in [0.2, 0.25) is 5.91 Å².